The quantitative estimate of drug-likeness (QED) is 0.230. The first-order chi connectivity index (χ1) is 17.1. The van der Waals surface area contributed by atoms with Crippen molar-refractivity contribution in [3.8, 4) is 33.4 Å². The second-order valence-electron chi connectivity index (χ2n) is 11.7. The molecule has 0 aliphatic heterocycles. The van der Waals surface area contributed by atoms with Crippen LogP contribution in [0.4, 0.5) is 5.69 Å². The molecular weight excluding hydrogens is 434 g/mol. The SMILES string of the molecule is CC(C)(C)c1ccc(-c2cccc(-c3cccc4cc(-c5cccc([N+](C)(C)C)c5)ccc34)c2)cc1. The average molecular weight is 471 g/mol. The highest BCUT2D eigenvalue weighted by Crippen LogP contribution is 2.35. The maximum Gasteiger partial charge on any atom is 0.132 e. The predicted octanol–water partition coefficient (Wildman–Crippen LogP) is 9.33. The van der Waals surface area contributed by atoms with E-state index in [1.54, 1.807) is 0 Å². The number of rotatable bonds is 4. The van der Waals surface area contributed by atoms with Gasteiger partial charge in [-0.15, -0.1) is 0 Å². The maximum absolute atomic E-state index is 2.32. The third-order valence-electron chi connectivity index (χ3n) is 7.09. The largest absolute Gasteiger partial charge is 0.298 e. The van der Waals surface area contributed by atoms with E-state index in [1.807, 2.05) is 0 Å². The van der Waals surface area contributed by atoms with E-state index in [1.165, 1.54) is 55.4 Å². The van der Waals surface area contributed by atoms with Crippen molar-refractivity contribution < 1.29 is 0 Å². The molecule has 0 atom stereocenters. The topological polar surface area (TPSA) is 0 Å². The molecule has 0 spiro atoms. The fourth-order valence-corrected chi connectivity index (χ4v) is 4.85. The monoisotopic (exact) mass is 470 g/mol. The van der Waals surface area contributed by atoms with Crippen molar-refractivity contribution >= 4 is 16.5 Å². The Labute approximate surface area is 216 Å². The first kappa shape index (κ1) is 24.0. The Kier molecular flexibility index (Phi) is 6.06. The van der Waals surface area contributed by atoms with Crippen LogP contribution in [0.15, 0.2) is 109 Å². The molecule has 5 rings (SSSR count). The minimum absolute atomic E-state index is 0.162. The van der Waals surface area contributed by atoms with E-state index in [9.17, 15) is 0 Å². The first-order valence-corrected chi connectivity index (χ1v) is 12.8. The lowest BCUT2D eigenvalue weighted by atomic mass is 9.86. The second-order valence-corrected chi connectivity index (χ2v) is 11.7. The predicted molar refractivity (Wildman–Crippen MR) is 159 cm³/mol. The molecule has 0 aliphatic rings. The van der Waals surface area contributed by atoms with Gasteiger partial charge in [0.05, 0.1) is 21.1 Å². The second kappa shape index (κ2) is 9.08. The van der Waals surface area contributed by atoms with Crippen molar-refractivity contribution in [3.63, 3.8) is 0 Å². The third-order valence-corrected chi connectivity index (χ3v) is 7.09. The van der Waals surface area contributed by atoms with Gasteiger partial charge in [-0.1, -0.05) is 106 Å². The molecule has 0 aromatic heterocycles. The van der Waals surface area contributed by atoms with Crippen LogP contribution >= 0.6 is 0 Å². The highest BCUT2D eigenvalue weighted by atomic mass is 15.3. The number of quaternary nitrogens is 1. The molecule has 0 bridgehead atoms. The Morgan fingerprint density at radius 2 is 1.08 bits per heavy atom. The van der Waals surface area contributed by atoms with E-state index in [0.29, 0.717) is 0 Å². The summed E-state index contributed by atoms with van der Waals surface area (Å²) in [7, 11) is 6.62. The highest BCUT2D eigenvalue weighted by molar-refractivity contribution is 5.99. The molecule has 0 radical (unpaired) electrons. The Hall–Kier alpha value is -3.68. The highest BCUT2D eigenvalue weighted by Gasteiger charge is 2.15. The van der Waals surface area contributed by atoms with Crippen LogP contribution in [0.2, 0.25) is 0 Å². The number of hydrogen-bond donors (Lipinski definition) is 0. The lowest BCUT2D eigenvalue weighted by Gasteiger charge is -2.23. The molecule has 0 heterocycles. The molecular formula is C35H36N+. The van der Waals surface area contributed by atoms with Crippen LogP contribution < -0.4 is 4.48 Å². The lowest BCUT2D eigenvalue weighted by Crippen LogP contribution is -2.34. The summed E-state index contributed by atoms with van der Waals surface area (Å²) in [6.45, 7) is 6.78. The van der Waals surface area contributed by atoms with Crippen LogP contribution in [-0.2, 0) is 5.41 Å². The van der Waals surface area contributed by atoms with Crippen LogP contribution in [0.1, 0.15) is 26.3 Å². The molecule has 5 aromatic carbocycles. The standard InChI is InChI=1S/C35H36N/c1-35(2,3)31-19-16-25(17-20-31)26-10-7-12-29(22-26)33-15-9-13-30-23-28(18-21-34(30)33)27-11-8-14-32(24-27)36(4,5)6/h7-24H,1-6H3/q+1. The molecule has 1 nitrogen and oxygen atoms in total. The van der Waals surface area contributed by atoms with Gasteiger partial charge in [0.15, 0.2) is 0 Å². The van der Waals surface area contributed by atoms with Gasteiger partial charge in [0.25, 0.3) is 0 Å². The summed E-state index contributed by atoms with van der Waals surface area (Å²) >= 11 is 0. The van der Waals surface area contributed by atoms with Gasteiger partial charge in [0.1, 0.15) is 5.69 Å². The molecule has 0 N–H and O–H groups in total. The summed E-state index contributed by atoms with van der Waals surface area (Å²) in [6.07, 6.45) is 0. The fourth-order valence-electron chi connectivity index (χ4n) is 4.85. The van der Waals surface area contributed by atoms with Crippen molar-refractivity contribution in [3.05, 3.63) is 115 Å². The molecule has 36 heavy (non-hydrogen) atoms. The number of fused-ring (bicyclic) bond motifs is 1. The van der Waals surface area contributed by atoms with Crippen LogP contribution in [0.25, 0.3) is 44.2 Å². The molecule has 1 heteroatoms. The summed E-state index contributed by atoms with van der Waals surface area (Å²) in [4.78, 5) is 0. The minimum atomic E-state index is 0.162. The Balaban J connectivity index is 1.53. The minimum Gasteiger partial charge on any atom is -0.298 e. The van der Waals surface area contributed by atoms with E-state index in [-0.39, 0.29) is 5.41 Å². The molecule has 0 saturated heterocycles. The van der Waals surface area contributed by atoms with Crippen LogP contribution in [0.5, 0.6) is 0 Å². The number of benzene rings is 5. The fraction of sp³-hybridized carbons (Fsp3) is 0.200. The first-order valence-electron chi connectivity index (χ1n) is 12.8. The van der Waals surface area contributed by atoms with E-state index in [2.05, 4.69) is 151 Å². The van der Waals surface area contributed by atoms with Crippen LogP contribution in [0, 0.1) is 0 Å². The van der Waals surface area contributed by atoms with Crippen LogP contribution in [0.3, 0.4) is 0 Å². The molecule has 0 saturated carbocycles. The Bertz CT molecular complexity index is 1530. The average Bonchev–Trinajstić information content (AvgIpc) is 2.87. The van der Waals surface area contributed by atoms with Crippen molar-refractivity contribution in [2.75, 3.05) is 21.1 Å². The Morgan fingerprint density at radius 1 is 0.500 bits per heavy atom. The van der Waals surface area contributed by atoms with Gasteiger partial charge in [-0.25, -0.2) is 0 Å². The molecule has 5 aromatic rings. The van der Waals surface area contributed by atoms with E-state index in [4.69, 9.17) is 0 Å². The summed E-state index contributed by atoms with van der Waals surface area (Å²) in [6, 6.07) is 40.3. The van der Waals surface area contributed by atoms with Gasteiger partial charge in [-0.05, 0) is 73.3 Å². The van der Waals surface area contributed by atoms with Gasteiger partial charge < -0.3 is 0 Å². The smallest absolute Gasteiger partial charge is 0.132 e. The summed E-state index contributed by atoms with van der Waals surface area (Å²) in [5, 5.41) is 2.55. The van der Waals surface area contributed by atoms with Crippen molar-refractivity contribution in [1.29, 1.82) is 0 Å². The maximum atomic E-state index is 2.32. The molecule has 0 unspecified atom stereocenters. The number of hydrogen-bond acceptors (Lipinski definition) is 0. The van der Waals surface area contributed by atoms with Gasteiger partial charge in [-0.2, -0.15) is 0 Å². The van der Waals surface area contributed by atoms with Gasteiger partial charge >= 0.3 is 0 Å². The third kappa shape index (κ3) is 4.85. The van der Waals surface area contributed by atoms with Crippen LogP contribution in [-0.4, -0.2) is 21.1 Å². The van der Waals surface area contributed by atoms with Gasteiger partial charge in [-0.3, -0.25) is 4.48 Å². The van der Waals surface area contributed by atoms with Crippen molar-refractivity contribution in [1.82, 2.24) is 4.48 Å². The molecule has 0 amide bonds. The molecule has 0 aliphatic carbocycles. The van der Waals surface area contributed by atoms with Crippen molar-refractivity contribution in [2.45, 2.75) is 26.2 Å². The normalized spacial score (nSPS) is 12.2. The Morgan fingerprint density at radius 3 is 1.78 bits per heavy atom. The van der Waals surface area contributed by atoms with Gasteiger partial charge in [0.2, 0.25) is 0 Å². The van der Waals surface area contributed by atoms with Gasteiger partial charge in [0, 0.05) is 6.07 Å². The molecule has 180 valence electrons. The zero-order valence-electron chi connectivity index (χ0n) is 22.3. The van der Waals surface area contributed by atoms with E-state index < -0.39 is 0 Å². The summed E-state index contributed by atoms with van der Waals surface area (Å²) in [5.74, 6) is 0. The summed E-state index contributed by atoms with van der Waals surface area (Å²) in [5.41, 5.74) is 10.4. The zero-order chi connectivity index (χ0) is 25.5. The zero-order valence-corrected chi connectivity index (χ0v) is 22.3. The van der Waals surface area contributed by atoms with Crippen molar-refractivity contribution in [2.24, 2.45) is 0 Å². The summed E-state index contributed by atoms with van der Waals surface area (Å²) < 4.78 is 0.806. The van der Waals surface area contributed by atoms with E-state index >= 15 is 0 Å². The molecule has 0 fully saturated rings. The lowest BCUT2D eigenvalue weighted by molar-refractivity contribution is 0.486. The number of nitrogens with zero attached hydrogens (tertiary/aromatic N) is 1. The van der Waals surface area contributed by atoms with E-state index in [0.717, 1.165) is 4.48 Å².